The minimum absolute atomic E-state index is 0.107. The van der Waals surface area contributed by atoms with E-state index in [1.165, 1.54) is 6.92 Å². The lowest BCUT2D eigenvalue weighted by Gasteiger charge is -2.21. The van der Waals surface area contributed by atoms with Gasteiger partial charge in [0, 0.05) is 37.3 Å². The van der Waals surface area contributed by atoms with Crippen LogP contribution in [-0.2, 0) is 4.79 Å². The minimum Gasteiger partial charge on any atom is -0.454 e. The molecule has 0 fully saturated rings. The minimum atomic E-state index is -0.151. The molecule has 3 rings (SSSR count). The average molecular weight is 354 g/mol. The van der Waals surface area contributed by atoms with Gasteiger partial charge in [-0.1, -0.05) is 6.07 Å². The van der Waals surface area contributed by atoms with Crippen LogP contribution in [-0.4, -0.2) is 31.7 Å². The van der Waals surface area contributed by atoms with Gasteiger partial charge >= 0.3 is 0 Å². The Morgan fingerprint density at radius 3 is 2.54 bits per heavy atom. The summed E-state index contributed by atoms with van der Waals surface area (Å²) < 4.78 is 10.7. The number of anilines is 1. The fraction of sp³-hybridized carbons (Fsp3) is 0.300. The van der Waals surface area contributed by atoms with E-state index in [9.17, 15) is 9.59 Å². The van der Waals surface area contributed by atoms with E-state index < -0.39 is 0 Å². The summed E-state index contributed by atoms with van der Waals surface area (Å²) in [5.74, 6) is 1.03. The number of nitrogens with one attached hydrogen (secondary N) is 1. The molecule has 2 aromatic carbocycles. The SMILES string of the molecule is CC(=O)N(CCNC(=O)c1ccc(C)c(C)c1)c1ccc2c(c1)OCO2. The Morgan fingerprint density at radius 2 is 1.81 bits per heavy atom. The molecule has 1 aliphatic rings. The maximum absolute atomic E-state index is 12.3. The van der Waals surface area contributed by atoms with Crippen molar-refractivity contribution in [2.24, 2.45) is 0 Å². The predicted octanol–water partition coefficient (Wildman–Crippen LogP) is 2.82. The Bertz CT molecular complexity index is 848. The van der Waals surface area contributed by atoms with Crippen molar-refractivity contribution in [2.75, 3.05) is 24.8 Å². The molecule has 0 spiro atoms. The molecule has 2 amide bonds. The Kier molecular flexibility index (Phi) is 5.11. The molecule has 1 N–H and O–H groups in total. The number of carbonyl (C=O) groups excluding carboxylic acids is 2. The van der Waals surface area contributed by atoms with Crippen molar-refractivity contribution in [3.05, 3.63) is 53.1 Å². The maximum Gasteiger partial charge on any atom is 0.251 e. The van der Waals surface area contributed by atoms with Crippen LogP contribution < -0.4 is 19.7 Å². The van der Waals surface area contributed by atoms with E-state index in [0.717, 1.165) is 11.1 Å². The molecule has 6 heteroatoms. The van der Waals surface area contributed by atoms with Crippen LogP contribution in [0.15, 0.2) is 36.4 Å². The van der Waals surface area contributed by atoms with Crippen LogP contribution in [0.5, 0.6) is 11.5 Å². The third kappa shape index (κ3) is 3.79. The van der Waals surface area contributed by atoms with E-state index in [4.69, 9.17) is 9.47 Å². The molecule has 2 aromatic rings. The van der Waals surface area contributed by atoms with Gasteiger partial charge in [-0.25, -0.2) is 0 Å². The van der Waals surface area contributed by atoms with Crippen molar-refractivity contribution >= 4 is 17.5 Å². The number of fused-ring (bicyclic) bond motifs is 1. The highest BCUT2D eigenvalue weighted by Crippen LogP contribution is 2.35. The molecule has 0 aromatic heterocycles. The summed E-state index contributed by atoms with van der Waals surface area (Å²) in [6.45, 7) is 6.38. The van der Waals surface area contributed by atoms with Gasteiger partial charge in [-0.2, -0.15) is 0 Å². The largest absolute Gasteiger partial charge is 0.454 e. The van der Waals surface area contributed by atoms with Gasteiger partial charge in [0.05, 0.1) is 0 Å². The van der Waals surface area contributed by atoms with Crippen LogP contribution in [0.3, 0.4) is 0 Å². The highest BCUT2D eigenvalue weighted by molar-refractivity contribution is 5.95. The first-order valence-electron chi connectivity index (χ1n) is 8.49. The van der Waals surface area contributed by atoms with Crippen LogP contribution in [0, 0.1) is 13.8 Å². The zero-order valence-electron chi connectivity index (χ0n) is 15.2. The normalized spacial score (nSPS) is 12.0. The zero-order chi connectivity index (χ0) is 18.7. The molecule has 6 nitrogen and oxygen atoms in total. The summed E-state index contributed by atoms with van der Waals surface area (Å²) >= 11 is 0. The van der Waals surface area contributed by atoms with Gasteiger partial charge in [-0.3, -0.25) is 9.59 Å². The van der Waals surface area contributed by atoms with Gasteiger partial charge in [0.2, 0.25) is 12.7 Å². The summed E-state index contributed by atoms with van der Waals surface area (Å²) in [6.07, 6.45) is 0. The van der Waals surface area contributed by atoms with Crippen molar-refractivity contribution < 1.29 is 19.1 Å². The van der Waals surface area contributed by atoms with Crippen LogP contribution in [0.2, 0.25) is 0 Å². The number of hydrogen-bond acceptors (Lipinski definition) is 4. The smallest absolute Gasteiger partial charge is 0.251 e. The molecule has 0 aliphatic carbocycles. The second kappa shape index (κ2) is 7.47. The van der Waals surface area contributed by atoms with Gasteiger partial charge in [0.1, 0.15) is 0 Å². The van der Waals surface area contributed by atoms with E-state index >= 15 is 0 Å². The molecule has 136 valence electrons. The number of rotatable bonds is 5. The molecule has 0 radical (unpaired) electrons. The Labute approximate surface area is 152 Å². The molecule has 1 aliphatic heterocycles. The number of aryl methyl sites for hydroxylation is 2. The average Bonchev–Trinajstić information content (AvgIpc) is 3.08. The second-order valence-electron chi connectivity index (χ2n) is 6.26. The Morgan fingerprint density at radius 1 is 1.04 bits per heavy atom. The molecule has 0 saturated heterocycles. The fourth-order valence-corrected chi connectivity index (χ4v) is 2.79. The van der Waals surface area contributed by atoms with Crippen molar-refractivity contribution in [1.29, 1.82) is 0 Å². The molecular formula is C20H22N2O4. The lowest BCUT2D eigenvalue weighted by atomic mass is 10.1. The summed E-state index contributed by atoms with van der Waals surface area (Å²) in [4.78, 5) is 25.9. The van der Waals surface area contributed by atoms with Crippen LogP contribution in [0.25, 0.3) is 0 Å². The van der Waals surface area contributed by atoms with Gasteiger partial charge in [-0.05, 0) is 49.2 Å². The molecule has 0 saturated carbocycles. The summed E-state index contributed by atoms with van der Waals surface area (Å²) in [7, 11) is 0. The van der Waals surface area contributed by atoms with Crippen molar-refractivity contribution in [3.63, 3.8) is 0 Å². The third-order valence-electron chi connectivity index (χ3n) is 4.44. The lowest BCUT2D eigenvalue weighted by molar-refractivity contribution is -0.116. The van der Waals surface area contributed by atoms with E-state index in [1.54, 1.807) is 29.2 Å². The van der Waals surface area contributed by atoms with Crippen molar-refractivity contribution in [3.8, 4) is 11.5 Å². The lowest BCUT2D eigenvalue weighted by Crippen LogP contribution is -2.37. The number of ether oxygens (including phenoxy) is 2. The Hall–Kier alpha value is -3.02. The predicted molar refractivity (Wildman–Crippen MR) is 98.8 cm³/mol. The number of benzene rings is 2. The monoisotopic (exact) mass is 354 g/mol. The quantitative estimate of drug-likeness (QED) is 0.897. The first-order chi connectivity index (χ1) is 12.5. The standard InChI is InChI=1S/C20H22N2O4/c1-13-4-5-16(10-14(13)2)20(24)21-8-9-22(15(3)23)17-6-7-18-19(11-17)26-12-25-18/h4-7,10-11H,8-9,12H2,1-3H3,(H,21,24). The molecule has 0 unspecified atom stereocenters. The first kappa shape index (κ1) is 17.8. The van der Waals surface area contributed by atoms with E-state index in [0.29, 0.717) is 35.8 Å². The van der Waals surface area contributed by atoms with Gasteiger partial charge in [-0.15, -0.1) is 0 Å². The number of amides is 2. The molecule has 26 heavy (non-hydrogen) atoms. The van der Waals surface area contributed by atoms with Crippen molar-refractivity contribution in [2.45, 2.75) is 20.8 Å². The summed E-state index contributed by atoms with van der Waals surface area (Å²) in [5.41, 5.74) is 3.54. The van der Waals surface area contributed by atoms with Gasteiger partial charge in [0.25, 0.3) is 5.91 Å². The van der Waals surface area contributed by atoms with Gasteiger partial charge in [0.15, 0.2) is 11.5 Å². The summed E-state index contributed by atoms with van der Waals surface area (Å²) in [5, 5.41) is 2.86. The number of nitrogens with zero attached hydrogens (tertiary/aromatic N) is 1. The topological polar surface area (TPSA) is 67.9 Å². The zero-order valence-corrected chi connectivity index (χ0v) is 15.2. The number of hydrogen-bond donors (Lipinski definition) is 1. The summed E-state index contributed by atoms with van der Waals surface area (Å²) in [6, 6.07) is 11.0. The third-order valence-corrected chi connectivity index (χ3v) is 4.44. The van der Waals surface area contributed by atoms with Crippen LogP contribution in [0.4, 0.5) is 5.69 Å². The molecule has 0 atom stereocenters. The maximum atomic E-state index is 12.3. The fourth-order valence-electron chi connectivity index (χ4n) is 2.79. The molecule has 0 bridgehead atoms. The van der Waals surface area contributed by atoms with Gasteiger partial charge < -0.3 is 19.7 Å². The number of carbonyl (C=O) groups is 2. The highest BCUT2D eigenvalue weighted by Gasteiger charge is 2.18. The van der Waals surface area contributed by atoms with E-state index in [-0.39, 0.29) is 18.6 Å². The Balaban J connectivity index is 1.63. The molecule has 1 heterocycles. The van der Waals surface area contributed by atoms with Crippen molar-refractivity contribution in [1.82, 2.24) is 5.32 Å². The van der Waals surface area contributed by atoms with Crippen LogP contribution >= 0.6 is 0 Å². The molecular weight excluding hydrogens is 332 g/mol. The van der Waals surface area contributed by atoms with Crippen LogP contribution in [0.1, 0.15) is 28.4 Å². The first-order valence-corrected chi connectivity index (χ1v) is 8.49. The second-order valence-corrected chi connectivity index (χ2v) is 6.26. The van der Waals surface area contributed by atoms with E-state index in [2.05, 4.69) is 5.32 Å². The van der Waals surface area contributed by atoms with E-state index in [1.807, 2.05) is 26.0 Å². The highest BCUT2D eigenvalue weighted by atomic mass is 16.7.